The van der Waals surface area contributed by atoms with Gasteiger partial charge < -0.3 is 19.4 Å². The molecule has 0 spiro atoms. The van der Waals surface area contributed by atoms with Crippen LogP contribution in [0.5, 0.6) is 0 Å². The van der Waals surface area contributed by atoms with Crippen molar-refractivity contribution in [2.75, 3.05) is 0 Å². The zero-order valence-electron chi connectivity index (χ0n) is 14.8. The first kappa shape index (κ1) is 17.1. The number of nitrogens with one attached hydrogen (secondary N) is 1. The Balaban J connectivity index is 2.04. The first-order valence-corrected chi connectivity index (χ1v) is 8.26. The van der Waals surface area contributed by atoms with E-state index in [1.54, 1.807) is 0 Å². The molecule has 1 atom stereocenters. The molecule has 1 aliphatic heterocycles. The molecule has 2 aromatic rings. The van der Waals surface area contributed by atoms with Crippen molar-refractivity contribution in [3.8, 4) is 0 Å². The van der Waals surface area contributed by atoms with Crippen molar-refractivity contribution in [3.05, 3.63) is 35.5 Å². The van der Waals surface area contributed by atoms with Gasteiger partial charge in [0.15, 0.2) is 0 Å². The number of carboxylic acid groups (broad SMARTS) is 1. The van der Waals surface area contributed by atoms with E-state index in [1.807, 2.05) is 52.9 Å². The molecule has 128 valence electrons. The number of carbonyl (C=O) groups is 1. The number of aromatic amines is 1. The summed E-state index contributed by atoms with van der Waals surface area (Å²) in [5, 5.41) is 10.4. The number of H-pyrrole nitrogens is 1. The molecule has 1 aromatic carbocycles. The van der Waals surface area contributed by atoms with Gasteiger partial charge in [-0.25, -0.2) is 0 Å². The van der Waals surface area contributed by atoms with Crippen LogP contribution in [0.2, 0.25) is 0 Å². The number of benzene rings is 1. The molecule has 1 fully saturated rings. The van der Waals surface area contributed by atoms with Gasteiger partial charge in [0.25, 0.3) is 0 Å². The van der Waals surface area contributed by atoms with Crippen molar-refractivity contribution in [2.24, 2.45) is 0 Å². The Kier molecular flexibility index (Phi) is 4.01. The second-order valence-electron chi connectivity index (χ2n) is 7.62. The van der Waals surface area contributed by atoms with Crippen molar-refractivity contribution in [2.45, 2.75) is 58.1 Å². The summed E-state index contributed by atoms with van der Waals surface area (Å²) in [6.45, 7) is 9.93. The van der Waals surface area contributed by atoms with Gasteiger partial charge in [0.05, 0.1) is 17.6 Å². The fraction of sp³-hybridized carbons (Fsp3) is 0.500. The maximum atomic E-state index is 11.5. The van der Waals surface area contributed by atoms with E-state index in [0.29, 0.717) is 0 Å². The van der Waals surface area contributed by atoms with Crippen LogP contribution in [0.25, 0.3) is 10.9 Å². The van der Waals surface area contributed by atoms with Gasteiger partial charge in [-0.3, -0.25) is 4.79 Å². The Morgan fingerprint density at radius 2 is 1.88 bits per heavy atom. The van der Waals surface area contributed by atoms with Gasteiger partial charge in [0.1, 0.15) is 0 Å². The number of aromatic nitrogens is 1. The van der Waals surface area contributed by atoms with Crippen molar-refractivity contribution < 1.29 is 19.2 Å². The Hall–Kier alpha value is -1.79. The number of hydrogen-bond donors (Lipinski definition) is 2. The molecular weight excluding hydrogens is 305 g/mol. The van der Waals surface area contributed by atoms with E-state index in [1.165, 1.54) is 0 Å². The fourth-order valence-electron chi connectivity index (χ4n) is 3.16. The maximum Gasteiger partial charge on any atom is 0.466 e. The standard InChI is InChI=1S/C18H24BNO4/c1-11-6-7-15-12(8-11)13(10-20-15)14(9-16(21)22)19-23-17(2,3)18(4,5)24-19/h6-8,10,14,20H,9H2,1-5H3,(H,21,22). The highest BCUT2D eigenvalue weighted by molar-refractivity contribution is 6.48. The molecule has 1 aliphatic rings. The lowest BCUT2D eigenvalue weighted by atomic mass is 9.66. The number of aliphatic carboxylic acids is 1. The third kappa shape index (κ3) is 2.85. The van der Waals surface area contributed by atoms with Crippen LogP contribution in [0.15, 0.2) is 24.4 Å². The molecule has 0 amide bonds. The number of hydrogen-bond acceptors (Lipinski definition) is 3. The van der Waals surface area contributed by atoms with Crippen LogP contribution in [0, 0.1) is 6.92 Å². The quantitative estimate of drug-likeness (QED) is 0.840. The maximum absolute atomic E-state index is 11.5. The Bertz CT molecular complexity index is 764. The van der Waals surface area contributed by atoms with Crippen LogP contribution in [-0.2, 0) is 14.1 Å². The first-order chi connectivity index (χ1) is 11.1. The average molecular weight is 329 g/mol. The summed E-state index contributed by atoms with van der Waals surface area (Å²) < 4.78 is 12.3. The van der Waals surface area contributed by atoms with Gasteiger partial charge in [-0.05, 0) is 52.3 Å². The monoisotopic (exact) mass is 329 g/mol. The van der Waals surface area contributed by atoms with E-state index >= 15 is 0 Å². The molecule has 2 heterocycles. The highest BCUT2D eigenvalue weighted by Gasteiger charge is 2.54. The van der Waals surface area contributed by atoms with Gasteiger partial charge in [-0.15, -0.1) is 0 Å². The number of aryl methyl sites for hydroxylation is 1. The summed E-state index contributed by atoms with van der Waals surface area (Å²) >= 11 is 0. The third-order valence-electron chi connectivity index (χ3n) is 5.26. The van der Waals surface area contributed by atoms with E-state index in [2.05, 4.69) is 11.1 Å². The van der Waals surface area contributed by atoms with Crippen LogP contribution in [0.4, 0.5) is 0 Å². The van der Waals surface area contributed by atoms with Crippen LogP contribution in [0.1, 0.15) is 51.1 Å². The van der Waals surface area contributed by atoms with E-state index in [-0.39, 0.29) is 12.2 Å². The molecule has 3 rings (SSSR count). The van der Waals surface area contributed by atoms with Gasteiger partial charge >= 0.3 is 13.1 Å². The van der Waals surface area contributed by atoms with Crippen molar-refractivity contribution in [3.63, 3.8) is 0 Å². The highest BCUT2D eigenvalue weighted by Crippen LogP contribution is 2.43. The van der Waals surface area contributed by atoms with E-state index in [4.69, 9.17) is 9.31 Å². The summed E-state index contributed by atoms with van der Waals surface area (Å²) in [6.07, 6.45) is 1.83. The van der Waals surface area contributed by atoms with Gasteiger partial charge in [0.2, 0.25) is 0 Å². The minimum Gasteiger partial charge on any atom is -0.481 e. The summed E-state index contributed by atoms with van der Waals surface area (Å²) in [5.74, 6) is -1.24. The zero-order chi connectivity index (χ0) is 17.7. The Labute approximate surface area is 142 Å². The second-order valence-corrected chi connectivity index (χ2v) is 7.62. The SMILES string of the molecule is Cc1ccc2[nH]cc(C(CC(=O)O)B3OC(C)(C)C(C)(C)O3)c2c1. The average Bonchev–Trinajstić information content (AvgIpc) is 2.94. The van der Waals surface area contributed by atoms with Gasteiger partial charge in [-0.2, -0.15) is 0 Å². The molecule has 0 aliphatic carbocycles. The molecule has 1 unspecified atom stereocenters. The summed E-state index contributed by atoms with van der Waals surface area (Å²) in [7, 11) is -0.592. The van der Waals surface area contributed by atoms with E-state index < -0.39 is 24.3 Å². The lowest BCUT2D eigenvalue weighted by molar-refractivity contribution is -0.137. The number of fused-ring (bicyclic) bond motifs is 1. The molecular formula is C18H24BNO4. The highest BCUT2D eigenvalue weighted by atomic mass is 16.7. The third-order valence-corrected chi connectivity index (χ3v) is 5.26. The van der Waals surface area contributed by atoms with E-state index in [9.17, 15) is 9.90 Å². The van der Waals surface area contributed by atoms with Gasteiger partial charge in [-0.1, -0.05) is 11.6 Å². The predicted octanol–water partition coefficient (Wildman–Crippen LogP) is 3.67. The fourth-order valence-corrected chi connectivity index (χ4v) is 3.16. The summed E-state index contributed by atoms with van der Waals surface area (Å²) in [4.78, 5) is 14.7. The Morgan fingerprint density at radius 1 is 1.25 bits per heavy atom. The molecule has 24 heavy (non-hydrogen) atoms. The van der Waals surface area contributed by atoms with Crippen molar-refractivity contribution in [1.29, 1.82) is 0 Å². The molecule has 2 N–H and O–H groups in total. The molecule has 0 saturated carbocycles. The van der Waals surface area contributed by atoms with Crippen LogP contribution in [0.3, 0.4) is 0 Å². The first-order valence-electron chi connectivity index (χ1n) is 8.26. The topological polar surface area (TPSA) is 71.6 Å². The van der Waals surface area contributed by atoms with Crippen molar-refractivity contribution in [1.82, 2.24) is 4.98 Å². The lowest BCUT2D eigenvalue weighted by Crippen LogP contribution is -2.41. The van der Waals surface area contributed by atoms with Crippen LogP contribution in [-0.4, -0.2) is 34.4 Å². The molecule has 1 aromatic heterocycles. The smallest absolute Gasteiger partial charge is 0.466 e. The van der Waals surface area contributed by atoms with Crippen LogP contribution >= 0.6 is 0 Å². The second kappa shape index (κ2) is 5.64. The zero-order valence-corrected chi connectivity index (χ0v) is 14.8. The van der Waals surface area contributed by atoms with Gasteiger partial charge in [0, 0.05) is 22.9 Å². The summed E-state index contributed by atoms with van der Waals surface area (Å²) in [6, 6.07) is 6.11. The molecule has 0 bridgehead atoms. The Morgan fingerprint density at radius 3 is 2.46 bits per heavy atom. The molecule has 1 saturated heterocycles. The van der Waals surface area contributed by atoms with E-state index in [0.717, 1.165) is 22.0 Å². The van der Waals surface area contributed by atoms with Crippen molar-refractivity contribution >= 4 is 24.0 Å². The lowest BCUT2D eigenvalue weighted by Gasteiger charge is -2.32. The summed E-state index contributed by atoms with van der Waals surface area (Å²) in [5.41, 5.74) is 2.07. The molecule has 0 radical (unpaired) electrons. The minimum atomic E-state index is -0.864. The van der Waals surface area contributed by atoms with Crippen LogP contribution < -0.4 is 0 Å². The molecule has 6 heteroatoms. The number of rotatable bonds is 4. The number of carboxylic acids is 1. The normalized spacial score (nSPS) is 20.5. The minimum absolute atomic E-state index is 0.0439. The largest absolute Gasteiger partial charge is 0.481 e. The molecule has 5 nitrogen and oxygen atoms in total. The predicted molar refractivity (Wildman–Crippen MR) is 94.1 cm³/mol.